The molecule has 0 bridgehead atoms. The van der Waals surface area contributed by atoms with Crippen LogP contribution in [0.5, 0.6) is 11.5 Å². The predicted octanol–water partition coefficient (Wildman–Crippen LogP) is 3.30. The van der Waals surface area contributed by atoms with Gasteiger partial charge < -0.3 is 14.6 Å². The van der Waals surface area contributed by atoms with E-state index in [9.17, 15) is 26.7 Å². The maximum atomic E-state index is 12.4. The molecule has 1 saturated heterocycles. The quantitative estimate of drug-likeness (QED) is 0.360. The van der Waals surface area contributed by atoms with Crippen LogP contribution < -0.4 is 14.2 Å². The second kappa shape index (κ2) is 12.0. The first-order valence-corrected chi connectivity index (χ1v) is 14.4. The molecule has 1 unspecified atom stereocenters. The summed E-state index contributed by atoms with van der Waals surface area (Å²) >= 11 is 1.62. The van der Waals surface area contributed by atoms with Gasteiger partial charge in [-0.3, -0.25) is 14.5 Å². The van der Waals surface area contributed by atoms with E-state index < -0.39 is 28.2 Å². The molecule has 1 aliphatic heterocycles. The lowest BCUT2D eigenvalue weighted by Crippen LogP contribution is -2.50. The van der Waals surface area contributed by atoms with Gasteiger partial charge in [0.1, 0.15) is 24.2 Å². The van der Waals surface area contributed by atoms with Crippen LogP contribution in [0.25, 0.3) is 10.2 Å². The van der Waals surface area contributed by atoms with Crippen molar-refractivity contribution in [3.05, 3.63) is 47.5 Å². The lowest BCUT2D eigenvalue weighted by molar-refractivity contribution is -0.274. The molecule has 2 aromatic carbocycles. The summed E-state index contributed by atoms with van der Waals surface area (Å²) in [5, 5.41) is 11.4. The summed E-state index contributed by atoms with van der Waals surface area (Å²) in [6, 6.07) is 10.2. The zero-order valence-electron chi connectivity index (χ0n) is 20.6. The highest BCUT2D eigenvalue weighted by Crippen LogP contribution is 2.26. The summed E-state index contributed by atoms with van der Waals surface area (Å²) < 4.78 is 74.6. The summed E-state index contributed by atoms with van der Waals surface area (Å²) in [7, 11) is -3.69. The Morgan fingerprint density at radius 1 is 1.08 bits per heavy atom. The summed E-state index contributed by atoms with van der Waals surface area (Å²) in [5.41, 5.74) is 1.03. The van der Waals surface area contributed by atoms with E-state index in [2.05, 4.69) is 19.3 Å². The van der Waals surface area contributed by atoms with Gasteiger partial charge in [-0.05, 0) is 43.3 Å². The predicted molar refractivity (Wildman–Crippen MR) is 139 cm³/mol. The van der Waals surface area contributed by atoms with Crippen molar-refractivity contribution < 1.29 is 36.2 Å². The smallest absolute Gasteiger partial charge is 0.491 e. The highest BCUT2D eigenvalue weighted by molar-refractivity contribution is 7.92. The number of anilines is 1. The number of alkyl halides is 3. The van der Waals surface area contributed by atoms with Gasteiger partial charge in [0.25, 0.3) is 0 Å². The van der Waals surface area contributed by atoms with Gasteiger partial charge >= 0.3 is 6.36 Å². The van der Waals surface area contributed by atoms with Crippen LogP contribution >= 0.6 is 11.3 Å². The number of rotatable bonds is 11. The first-order valence-electron chi connectivity index (χ1n) is 11.9. The van der Waals surface area contributed by atoms with Crippen molar-refractivity contribution in [2.75, 3.05) is 56.4 Å². The van der Waals surface area contributed by atoms with Gasteiger partial charge in [-0.15, -0.1) is 24.5 Å². The van der Waals surface area contributed by atoms with Crippen LogP contribution in [-0.2, 0) is 10.0 Å². The van der Waals surface area contributed by atoms with Crippen LogP contribution in [0.15, 0.2) is 42.5 Å². The highest BCUT2D eigenvalue weighted by atomic mass is 32.2. The minimum Gasteiger partial charge on any atom is -0.491 e. The maximum Gasteiger partial charge on any atom is 0.573 e. The fourth-order valence-corrected chi connectivity index (χ4v) is 5.96. The Bertz CT molecular complexity index is 1310. The largest absolute Gasteiger partial charge is 0.573 e. The van der Waals surface area contributed by atoms with E-state index in [-0.39, 0.29) is 18.0 Å². The van der Waals surface area contributed by atoms with Gasteiger partial charge in [-0.25, -0.2) is 13.4 Å². The molecule has 0 saturated carbocycles. The number of aromatic nitrogens is 1. The van der Waals surface area contributed by atoms with E-state index in [0.29, 0.717) is 45.0 Å². The van der Waals surface area contributed by atoms with Crippen LogP contribution in [-0.4, -0.2) is 92.4 Å². The van der Waals surface area contributed by atoms with Gasteiger partial charge in [0.2, 0.25) is 10.0 Å². The molecule has 1 fully saturated rings. The van der Waals surface area contributed by atoms with Crippen LogP contribution in [0.3, 0.4) is 0 Å². The van der Waals surface area contributed by atoms with E-state index in [4.69, 9.17) is 4.74 Å². The zero-order valence-corrected chi connectivity index (χ0v) is 22.3. The van der Waals surface area contributed by atoms with Crippen LogP contribution in [0.1, 0.15) is 5.01 Å². The molecule has 1 atom stereocenters. The van der Waals surface area contributed by atoms with Gasteiger partial charge in [0, 0.05) is 51.0 Å². The summed E-state index contributed by atoms with van der Waals surface area (Å²) in [6.45, 7) is 5.50. The number of aryl methyl sites for hydroxylation is 1. The van der Waals surface area contributed by atoms with E-state index >= 15 is 0 Å². The number of thiazole rings is 1. The summed E-state index contributed by atoms with van der Waals surface area (Å²) in [6.07, 6.45) is -5.49. The Hall–Kier alpha value is -2.65. The second-order valence-corrected chi connectivity index (χ2v) is 12.0. The van der Waals surface area contributed by atoms with Crippen LogP contribution in [0.2, 0.25) is 0 Å². The van der Waals surface area contributed by atoms with Gasteiger partial charge in [-0.2, -0.15) is 0 Å². The third-order valence-corrected chi connectivity index (χ3v) is 8.10. The molecule has 4 rings (SSSR count). The summed E-state index contributed by atoms with van der Waals surface area (Å²) in [4.78, 5) is 8.57. The number of halogens is 3. The second-order valence-electron chi connectivity index (χ2n) is 8.96. The van der Waals surface area contributed by atoms with E-state index in [0.717, 1.165) is 27.4 Å². The molecule has 14 heteroatoms. The fraction of sp³-hybridized carbons (Fsp3) is 0.458. The Morgan fingerprint density at radius 3 is 2.42 bits per heavy atom. The monoisotopic (exact) mass is 574 g/mol. The van der Waals surface area contributed by atoms with Gasteiger partial charge in [0.05, 0.1) is 21.0 Å². The topological polar surface area (TPSA) is 104 Å². The first-order chi connectivity index (χ1) is 17.9. The number of hydrogen-bond donors (Lipinski definition) is 2. The minimum atomic E-state index is -4.81. The van der Waals surface area contributed by atoms with E-state index in [1.54, 1.807) is 11.3 Å². The number of nitrogens with one attached hydrogen (secondary N) is 1. The number of nitrogens with zero attached hydrogens (tertiary/aromatic N) is 3. The molecule has 3 aromatic rings. The van der Waals surface area contributed by atoms with Crippen molar-refractivity contribution in [2.45, 2.75) is 19.4 Å². The molecule has 208 valence electrons. The number of benzene rings is 2. The standard InChI is InChI=1S/C24H29F3N4O5S2/c1-17-28-22-14-21(6-7-23(22)37-17)35-16-19(32)15-31-10-8-30(9-11-31)12-13-38(33,34)29-18-2-4-20(5-3-18)36-24(25,26)27/h2-7,14,19,29,32H,8-13,15-16H2,1H3. The summed E-state index contributed by atoms with van der Waals surface area (Å²) in [5.74, 6) is 0.0712. The molecule has 9 nitrogen and oxygen atoms in total. The van der Waals surface area contributed by atoms with Crippen molar-refractivity contribution in [3.8, 4) is 11.5 Å². The lowest BCUT2D eigenvalue weighted by atomic mass is 10.2. The van der Waals surface area contributed by atoms with Crippen molar-refractivity contribution in [2.24, 2.45) is 0 Å². The molecular weight excluding hydrogens is 545 g/mol. The van der Waals surface area contributed by atoms with Crippen molar-refractivity contribution in [1.82, 2.24) is 14.8 Å². The molecule has 0 radical (unpaired) electrons. The normalized spacial score (nSPS) is 16.4. The SMILES string of the molecule is Cc1nc2cc(OCC(O)CN3CCN(CCS(=O)(=O)Nc4ccc(OC(F)(F)F)cc4)CC3)ccc2s1. The number of fused-ring (bicyclic) bond motifs is 1. The Kier molecular flexibility index (Phi) is 8.98. The molecule has 1 aromatic heterocycles. The van der Waals surface area contributed by atoms with Crippen molar-refractivity contribution in [1.29, 1.82) is 0 Å². The number of hydrogen-bond acceptors (Lipinski definition) is 9. The van der Waals surface area contributed by atoms with Gasteiger partial charge in [-0.1, -0.05) is 0 Å². The van der Waals surface area contributed by atoms with Crippen molar-refractivity contribution >= 4 is 37.3 Å². The van der Waals surface area contributed by atoms with Gasteiger partial charge in [0.15, 0.2) is 0 Å². The third kappa shape index (κ3) is 8.70. The molecule has 1 aliphatic rings. The van der Waals surface area contributed by atoms with Crippen LogP contribution in [0, 0.1) is 6.92 Å². The van der Waals surface area contributed by atoms with E-state index in [1.807, 2.05) is 30.0 Å². The average Bonchev–Trinajstić information content (AvgIpc) is 3.22. The molecule has 0 amide bonds. The Morgan fingerprint density at radius 2 is 1.74 bits per heavy atom. The lowest BCUT2D eigenvalue weighted by Gasteiger charge is -2.35. The highest BCUT2D eigenvalue weighted by Gasteiger charge is 2.31. The molecular formula is C24H29F3N4O5S2. The molecule has 0 aliphatic carbocycles. The Balaban J connectivity index is 1.15. The van der Waals surface area contributed by atoms with E-state index in [1.165, 1.54) is 12.1 Å². The molecule has 0 spiro atoms. The number of piperazine rings is 1. The number of aliphatic hydroxyl groups is 1. The van der Waals surface area contributed by atoms with Crippen LogP contribution in [0.4, 0.5) is 18.9 Å². The number of β-amino-alcohol motifs (C(OH)–C–C–N with tert-alkyl or cyclic N) is 1. The number of ether oxygens (including phenoxy) is 2. The first kappa shape index (κ1) is 28.4. The minimum absolute atomic E-state index is 0.155. The number of sulfonamides is 1. The average molecular weight is 575 g/mol. The van der Waals surface area contributed by atoms with Crippen molar-refractivity contribution in [3.63, 3.8) is 0 Å². The third-order valence-electron chi connectivity index (χ3n) is 5.88. The zero-order chi connectivity index (χ0) is 27.3. The fourth-order valence-electron chi connectivity index (χ4n) is 4.06. The molecule has 38 heavy (non-hydrogen) atoms. The molecule has 2 heterocycles. The maximum absolute atomic E-state index is 12.4. The Labute approximate surface area is 222 Å². The number of aliphatic hydroxyl groups excluding tert-OH is 1. The molecule has 2 N–H and O–H groups in total.